The molecule has 4 heteroatoms. The molecular weight excluding hydrogens is 160 g/mol. The molecule has 2 rings (SSSR count). The van der Waals surface area contributed by atoms with Gasteiger partial charge in [0.15, 0.2) is 0 Å². The van der Waals surface area contributed by atoms with Crippen LogP contribution in [0, 0.1) is 0 Å². The number of carboxylic acid groups (broad SMARTS) is 1. The molecule has 2 heterocycles. The smallest absolute Gasteiger partial charge is 0.334 e. The number of carbonyl (C=O) groups excluding carboxylic acids is 1. The molecule has 4 nitrogen and oxygen atoms in total. The zero-order valence-corrected chi connectivity index (χ0v) is 6.32. The van der Waals surface area contributed by atoms with Crippen molar-refractivity contribution in [2.45, 2.75) is 25.0 Å². The fourth-order valence-electron chi connectivity index (χ4n) is 1.62. The third-order valence-electron chi connectivity index (χ3n) is 2.14. The van der Waals surface area contributed by atoms with Gasteiger partial charge in [-0.05, 0) is 6.08 Å². The summed E-state index contributed by atoms with van der Waals surface area (Å²) in [6.07, 6.45) is 1.30. The van der Waals surface area contributed by atoms with Crippen molar-refractivity contribution in [2.24, 2.45) is 0 Å². The first-order valence-electron chi connectivity index (χ1n) is 3.79. The first kappa shape index (κ1) is 7.49. The summed E-state index contributed by atoms with van der Waals surface area (Å²) in [5, 5.41) is 8.69. The van der Waals surface area contributed by atoms with Crippen molar-refractivity contribution < 1.29 is 19.4 Å². The third kappa shape index (κ3) is 1.04. The SMILES string of the molecule is O=C1C[C@@H]2O[C@@H](C=C2C(=O)O)C1. The maximum absolute atomic E-state index is 11.0. The highest BCUT2D eigenvalue weighted by Crippen LogP contribution is 2.30. The van der Waals surface area contributed by atoms with Crippen molar-refractivity contribution in [3.63, 3.8) is 0 Å². The fraction of sp³-hybridized carbons (Fsp3) is 0.500. The molecule has 1 N–H and O–H groups in total. The van der Waals surface area contributed by atoms with Crippen LogP contribution in [-0.4, -0.2) is 29.1 Å². The zero-order valence-electron chi connectivity index (χ0n) is 6.32. The number of rotatable bonds is 1. The minimum Gasteiger partial charge on any atom is -0.478 e. The van der Waals surface area contributed by atoms with Crippen molar-refractivity contribution in [1.29, 1.82) is 0 Å². The van der Waals surface area contributed by atoms with Gasteiger partial charge in [-0.15, -0.1) is 0 Å². The average molecular weight is 168 g/mol. The molecule has 0 radical (unpaired) electrons. The van der Waals surface area contributed by atoms with E-state index in [1.807, 2.05) is 0 Å². The lowest BCUT2D eigenvalue weighted by Crippen LogP contribution is -2.28. The van der Waals surface area contributed by atoms with Crippen LogP contribution in [0.25, 0.3) is 0 Å². The van der Waals surface area contributed by atoms with E-state index in [1.54, 1.807) is 0 Å². The van der Waals surface area contributed by atoms with E-state index in [0.717, 1.165) is 0 Å². The summed E-state index contributed by atoms with van der Waals surface area (Å²) < 4.78 is 5.25. The van der Waals surface area contributed by atoms with Crippen molar-refractivity contribution in [1.82, 2.24) is 0 Å². The fourth-order valence-corrected chi connectivity index (χ4v) is 1.62. The van der Waals surface area contributed by atoms with Crippen molar-refractivity contribution in [2.75, 3.05) is 0 Å². The van der Waals surface area contributed by atoms with Crippen molar-refractivity contribution >= 4 is 11.8 Å². The van der Waals surface area contributed by atoms with Gasteiger partial charge >= 0.3 is 5.97 Å². The highest BCUT2D eigenvalue weighted by atomic mass is 16.5. The number of carboxylic acids is 1. The van der Waals surface area contributed by atoms with Gasteiger partial charge in [0.2, 0.25) is 0 Å². The minimum absolute atomic E-state index is 0.0868. The molecule has 0 aromatic heterocycles. The molecule has 0 aromatic rings. The summed E-state index contributed by atoms with van der Waals surface area (Å²) in [4.78, 5) is 21.6. The van der Waals surface area contributed by atoms with Crippen LogP contribution in [0.15, 0.2) is 11.6 Å². The van der Waals surface area contributed by atoms with E-state index in [9.17, 15) is 9.59 Å². The van der Waals surface area contributed by atoms with Crippen molar-refractivity contribution in [3.8, 4) is 0 Å². The van der Waals surface area contributed by atoms with Gasteiger partial charge in [-0.1, -0.05) is 0 Å². The Morgan fingerprint density at radius 2 is 2.33 bits per heavy atom. The second kappa shape index (κ2) is 2.42. The summed E-state index contributed by atoms with van der Waals surface area (Å²) in [6.45, 7) is 0. The van der Waals surface area contributed by atoms with E-state index in [-0.39, 0.29) is 23.9 Å². The maximum Gasteiger partial charge on any atom is 0.334 e. The van der Waals surface area contributed by atoms with Gasteiger partial charge in [0.05, 0.1) is 17.8 Å². The molecule has 0 amide bonds. The summed E-state index contributed by atoms with van der Waals surface area (Å²) in [6, 6.07) is 0. The number of ketones is 1. The van der Waals surface area contributed by atoms with Crippen LogP contribution in [0.4, 0.5) is 0 Å². The molecule has 2 bridgehead atoms. The molecule has 1 fully saturated rings. The van der Waals surface area contributed by atoms with Crippen LogP contribution >= 0.6 is 0 Å². The van der Waals surface area contributed by atoms with Gasteiger partial charge in [-0.2, -0.15) is 0 Å². The largest absolute Gasteiger partial charge is 0.478 e. The van der Waals surface area contributed by atoms with Crippen LogP contribution < -0.4 is 0 Å². The first-order valence-corrected chi connectivity index (χ1v) is 3.79. The van der Waals surface area contributed by atoms with Crippen LogP contribution in [0.5, 0.6) is 0 Å². The van der Waals surface area contributed by atoms with E-state index in [2.05, 4.69) is 0 Å². The summed E-state index contributed by atoms with van der Waals surface area (Å²) >= 11 is 0. The molecule has 0 unspecified atom stereocenters. The normalized spacial score (nSPS) is 33.3. The Morgan fingerprint density at radius 3 is 3.00 bits per heavy atom. The van der Waals surface area contributed by atoms with Gasteiger partial charge in [0.25, 0.3) is 0 Å². The number of fused-ring (bicyclic) bond motifs is 2. The molecular formula is C8H8O4. The number of Topliss-reactive ketones (excluding diaryl/α,β-unsaturated/α-hetero) is 1. The van der Waals surface area contributed by atoms with Gasteiger partial charge in [0.1, 0.15) is 5.78 Å². The van der Waals surface area contributed by atoms with Crippen LogP contribution in [0.3, 0.4) is 0 Å². The Labute approximate surface area is 68.8 Å². The predicted octanol–water partition coefficient (Wildman–Crippen LogP) is 0.128. The molecule has 0 aliphatic carbocycles. The average Bonchev–Trinajstić information content (AvgIpc) is 2.26. The molecule has 64 valence electrons. The Kier molecular flexibility index (Phi) is 1.51. The second-order valence-electron chi connectivity index (χ2n) is 3.04. The van der Waals surface area contributed by atoms with Gasteiger partial charge in [0, 0.05) is 12.8 Å². The number of hydrogen-bond acceptors (Lipinski definition) is 3. The zero-order chi connectivity index (χ0) is 8.72. The van der Waals surface area contributed by atoms with Crippen molar-refractivity contribution in [3.05, 3.63) is 11.6 Å². The Hall–Kier alpha value is -1.16. The molecule has 12 heavy (non-hydrogen) atoms. The summed E-state index contributed by atoms with van der Waals surface area (Å²) in [5.41, 5.74) is 0.242. The number of carbonyl (C=O) groups is 2. The Balaban J connectivity index is 2.24. The summed E-state index contributed by atoms with van der Waals surface area (Å²) in [7, 11) is 0. The Morgan fingerprint density at radius 1 is 1.58 bits per heavy atom. The Bertz CT molecular complexity index is 279. The predicted molar refractivity (Wildman–Crippen MR) is 38.6 cm³/mol. The summed E-state index contributed by atoms with van der Waals surface area (Å²) in [5.74, 6) is -0.888. The lowest BCUT2D eigenvalue weighted by atomic mass is 10.1. The highest BCUT2D eigenvalue weighted by molar-refractivity contribution is 5.92. The molecule has 2 aliphatic heterocycles. The number of hydrogen-bond donors (Lipinski definition) is 1. The second-order valence-corrected chi connectivity index (χ2v) is 3.04. The molecule has 1 saturated heterocycles. The van der Waals surface area contributed by atoms with E-state index < -0.39 is 12.1 Å². The molecule has 2 atom stereocenters. The minimum atomic E-state index is -0.975. The third-order valence-corrected chi connectivity index (χ3v) is 2.14. The van der Waals surface area contributed by atoms with E-state index in [1.165, 1.54) is 6.08 Å². The first-order chi connectivity index (χ1) is 5.66. The lowest BCUT2D eigenvalue weighted by molar-refractivity contribution is -0.135. The quantitative estimate of drug-likeness (QED) is 0.604. The molecule has 0 saturated carbocycles. The molecule has 0 spiro atoms. The van der Waals surface area contributed by atoms with Crippen LogP contribution in [0.1, 0.15) is 12.8 Å². The lowest BCUT2D eigenvalue weighted by Gasteiger charge is -2.19. The maximum atomic E-state index is 11.0. The number of aliphatic carboxylic acids is 1. The monoisotopic (exact) mass is 168 g/mol. The number of ether oxygens (including phenoxy) is 1. The van der Waals surface area contributed by atoms with Gasteiger partial charge in [-0.3, -0.25) is 4.79 Å². The van der Waals surface area contributed by atoms with Gasteiger partial charge < -0.3 is 9.84 Å². The standard InChI is InChI=1S/C8H8O4/c9-4-1-5-3-6(8(10)11)7(2-4)12-5/h3,5,7H,1-2H2,(H,10,11)/t5-,7+/m1/s1. The van der Waals surface area contributed by atoms with Crippen LogP contribution in [-0.2, 0) is 14.3 Å². The topological polar surface area (TPSA) is 63.6 Å². The molecule has 2 aliphatic rings. The van der Waals surface area contributed by atoms with Crippen LogP contribution in [0.2, 0.25) is 0 Å². The van der Waals surface area contributed by atoms with E-state index >= 15 is 0 Å². The van der Waals surface area contributed by atoms with Gasteiger partial charge in [-0.25, -0.2) is 4.79 Å². The molecule has 0 aromatic carbocycles. The van der Waals surface area contributed by atoms with E-state index in [4.69, 9.17) is 9.84 Å². The highest BCUT2D eigenvalue weighted by Gasteiger charge is 2.37. The van der Waals surface area contributed by atoms with E-state index in [0.29, 0.717) is 6.42 Å².